The van der Waals surface area contributed by atoms with Gasteiger partial charge in [-0.2, -0.15) is 0 Å². The Bertz CT molecular complexity index is 458. The molecular formula is C12H17N3O3. The average Bonchev–Trinajstić information content (AvgIpc) is 2.18. The molecule has 0 unspecified atom stereocenters. The lowest BCUT2D eigenvalue weighted by Gasteiger charge is -2.24. The minimum atomic E-state index is -0.960. The van der Waals surface area contributed by atoms with Crippen LogP contribution >= 0.6 is 0 Å². The summed E-state index contributed by atoms with van der Waals surface area (Å²) in [4.78, 5) is 26.4. The number of urea groups is 1. The number of carboxylic acid groups (broad SMARTS) is 1. The van der Waals surface area contributed by atoms with E-state index in [0.717, 1.165) is 0 Å². The minimum Gasteiger partial charge on any atom is -0.481 e. The number of hydrogen-bond acceptors (Lipinski definition) is 3. The zero-order valence-corrected chi connectivity index (χ0v) is 10.7. The van der Waals surface area contributed by atoms with Gasteiger partial charge in [-0.1, -0.05) is 0 Å². The van der Waals surface area contributed by atoms with Crippen molar-refractivity contribution in [2.75, 3.05) is 5.32 Å². The van der Waals surface area contributed by atoms with Gasteiger partial charge in [0, 0.05) is 11.7 Å². The molecule has 1 aromatic rings. The first-order chi connectivity index (χ1) is 8.30. The van der Waals surface area contributed by atoms with Gasteiger partial charge in [-0.05, 0) is 32.9 Å². The second-order valence-electron chi connectivity index (χ2n) is 4.67. The largest absolute Gasteiger partial charge is 0.481 e. The monoisotopic (exact) mass is 251 g/mol. The second kappa shape index (κ2) is 5.48. The van der Waals surface area contributed by atoms with Gasteiger partial charge in [-0.15, -0.1) is 0 Å². The first-order valence-electron chi connectivity index (χ1n) is 5.53. The zero-order chi connectivity index (χ0) is 13.8. The number of hydrogen-bond donors (Lipinski definition) is 3. The Morgan fingerprint density at radius 3 is 2.67 bits per heavy atom. The van der Waals surface area contributed by atoms with Gasteiger partial charge < -0.3 is 15.7 Å². The summed E-state index contributed by atoms with van der Waals surface area (Å²) in [6.45, 7) is 5.08. The molecule has 1 heterocycles. The number of aliphatic carboxylic acids is 1. The van der Waals surface area contributed by atoms with Crippen LogP contribution in [-0.4, -0.2) is 27.6 Å². The molecule has 0 radical (unpaired) electrons. The van der Waals surface area contributed by atoms with Crippen LogP contribution in [0.4, 0.5) is 10.5 Å². The van der Waals surface area contributed by atoms with Crippen molar-refractivity contribution in [1.82, 2.24) is 10.3 Å². The van der Waals surface area contributed by atoms with E-state index in [2.05, 4.69) is 15.6 Å². The smallest absolute Gasteiger partial charge is 0.319 e. The van der Waals surface area contributed by atoms with Gasteiger partial charge in [0.15, 0.2) is 0 Å². The molecule has 0 aliphatic rings. The average molecular weight is 251 g/mol. The third kappa shape index (κ3) is 4.40. The van der Waals surface area contributed by atoms with Crippen LogP contribution in [0, 0.1) is 6.92 Å². The van der Waals surface area contributed by atoms with Crippen LogP contribution in [-0.2, 0) is 4.79 Å². The standard InChI is InChI=1S/C12H17N3O3/c1-8-9(5-4-6-13-8)14-11(18)15-12(2,3)7-10(16)17/h4-6H,7H2,1-3H3,(H,16,17)(H2,14,15,18). The second-order valence-corrected chi connectivity index (χ2v) is 4.67. The fourth-order valence-electron chi connectivity index (χ4n) is 1.50. The van der Waals surface area contributed by atoms with Crippen molar-refractivity contribution in [2.24, 2.45) is 0 Å². The van der Waals surface area contributed by atoms with E-state index in [-0.39, 0.29) is 6.42 Å². The van der Waals surface area contributed by atoms with Crippen LogP contribution in [0.15, 0.2) is 18.3 Å². The third-order valence-electron chi connectivity index (χ3n) is 2.30. The topological polar surface area (TPSA) is 91.3 Å². The molecule has 1 rings (SSSR count). The molecular weight excluding hydrogens is 234 g/mol. The summed E-state index contributed by atoms with van der Waals surface area (Å²) in [5, 5.41) is 14.0. The maximum atomic E-state index is 11.7. The van der Waals surface area contributed by atoms with Crippen molar-refractivity contribution in [1.29, 1.82) is 0 Å². The first kappa shape index (κ1) is 14.0. The normalized spacial score (nSPS) is 10.8. The molecule has 1 aromatic heterocycles. The summed E-state index contributed by atoms with van der Waals surface area (Å²) in [7, 11) is 0. The predicted molar refractivity (Wildman–Crippen MR) is 67.5 cm³/mol. The van der Waals surface area contributed by atoms with Gasteiger partial charge in [-0.3, -0.25) is 9.78 Å². The molecule has 0 saturated heterocycles. The summed E-state index contributed by atoms with van der Waals surface area (Å²) in [6.07, 6.45) is 1.49. The molecule has 0 fully saturated rings. The molecule has 0 aliphatic carbocycles. The lowest BCUT2D eigenvalue weighted by Crippen LogP contribution is -2.46. The van der Waals surface area contributed by atoms with Crippen molar-refractivity contribution in [3.05, 3.63) is 24.0 Å². The van der Waals surface area contributed by atoms with Crippen molar-refractivity contribution in [2.45, 2.75) is 32.7 Å². The Morgan fingerprint density at radius 2 is 2.11 bits per heavy atom. The Kier molecular flexibility index (Phi) is 4.25. The number of aromatic nitrogens is 1. The highest BCUT2D eigenvalue weighted by molar-refractivity contribution is 5.90. The van der Waals surface area contributed by atoms with Crippen LogP contribution in [0.25, 0.3) is 0 Å². The molecule has 2 amide bonds. The molecule has 0 aromatic carbocycles. The van der Waals surface area contributed by atoms with E-state index in [0.29, 0.717) is 11.4 Å². The fourth-order valence-corrected chi connectivity index (χ4v) is 1.50. The number of carbonyl (C=O) groups excluding carboxylic acids is 1. The molecule has 6 heteroatoms. The quantitative estimate of drug-likeness (QED) is 0.760. The summed E-state index contributed by atoms with van der Waals surface area (Å²) < 4.78 is 0. The highest BCUT2D eigenvalue weighted by Gasteiger charge is 2.23. The van der Waals surface area contributed by atoms with Gasteiger partial charge in [0.25, 0.3) is 0 Å². The van der Waals surface area contributed by atoms with Gasteiger partial charge in [0.2, 0.25) is 0 Å². The minimum absolute atomic E-state index is 0.146. The number of carboxylic acids is 1. The van der Waals surface area contributed by atoms with Gasteiger partial charge >= 0.3 is 12.0 Å². The molecule has 0 saturated carbocycles. The lowest BCUT2D eigenvalue weighted by atomic mass is 10.0. The first-order valence-corrected chi connectivity index (χ1v) is 5.53. The number of anilines is 1. The molecule has 0 atom stereocenters. The summed E-state index contributed by atoms with van der Waals surface area (Å²) in [5.41, 5.74) is 0.483. The molecule has 0 aliphatic heterocycles. The van der Waals surface area contributed by atoms with E-state index in [4.69, 9.17) is 5.11 Å². The highest BCUT2D eigenvalue weighted by atomic mass is 16.4. The number of aryl methyl sites for hydroxylation is 1. The van der Waals surface area contributed by atoms with Crippen LogP contribution in [0.2, 0.25) is 0 Å². The van der Waals surface area contributed by atoms with E-state index in [1.807, 2.05) is 0 Å². The molecule has 18 heavy (non-hydrogen) atoms. The molecule has 98 valence electrons. The van der Waals surface area contributed by atoms with Crippen molar-refractivity contribution >= 4 is 17.7 Å². The summed E-state index contributed by atoms with van der Waals surface area (Å²) >= 11 is 0. The van der Waals surface area contributed by atoms with E-state index >= 15 is 0 Å². The Hall–Kier alpha value is -2.11. The number of rotatable bonds is 4. The van der Waals surface area contributed by atoms with E-state index in [1.54, 1.807) is 39.1 Å². The Balaban J connectivity index is 2.62. The van der Waals surface area contributed by atoms with Crippen molar-refractivity contribution < 1.29 is 14.7 Å². The molecule has 3 N–H and O–H groups in total. The Labute approximate surface area is 105 Å². The third-order valence-corrected chi connectivity index (χ3v) is 2.30. The number of carbonyl (C=O) groups is 2. The van der Waals surface area contributed by atoms with E-state index in [9.17, 15) is 9.59 Å². The summed E-state index contributed by atoms with van der Waals surface area (Å²) in [6, 6.07) is 2.99. The Morgan fingerprint density at radius 1 is 1.44 bits per heavy atom. The van der Waals surface area contributed by atoms with E-state index < -0.39 is 17.5 Å². The predicted octanol–water partition coefficient (Wildman–Crippen LogP) is 1.76. The SMILES string of the molecule is Cc1ncccc1NC(=O)NC(C)(C)CC(=O)O. The number of nitrogens with one attached hydrogen (secondary N) is 2. The maximum absolute atomic E-state index is 11.7. The highest BCUT2D eigenvalue weighted by Crippen LogP contribution is 2.12. The maximum Gasteiger partial charge on any atom is 0.319 e. The van der Waals surface area contributed by atoms with Gasteiger partial charge in [0.05, 0.1) is 17.8 Å². The molecule has 0 bridgehead atoms. The van der Waals surface area contributed by atoms with Crippen LogP contribution in [0.3, 0.4) is 0 Å². The zero-order valence-electron chi connectivity index (χ0n) is 10.7. The number of nitrogens with zero attached hydrogens (tertiary/aromatic N) is 1. The molecule has 0 spiro atoms. The van der Waals surface area contributed by atoms with Gasteiger partial charge in [-0.25, -0.2) is 4.79 Å². The number of pyridine rings is 1. The van der Waals surface area contributed by atoms with E-state index in [1.165, 1.54) is 0 Å². The van der Waals surface area contributed by atoms with Gasteiger partial charge in [0.1, 0.15) is 0 Å². The fraction of sp³-hybridized carbons (Fsp3) is 0.417. The number of amides is 2. The lowest BCUT2D eigenvalue weighted by molar-refractivity contribution is -0.138. The molecule has 6 nitrogen and oxygen atoms in total. The van der Waals surface area contributed by atoms with Crippen LogP contribution in [0.1, 0.15) is 26.0 Å². The van der Waals surface area contributed by atoms with Crippen molar-refractivity contribution in [3.8, 4) is 0 Å². The van der Waals surface area contributed by atoms with Crippen LogP contribution in [0.5, 0.6) is 0 Å². The summed E-state index contributed by atoms with van der Waals surface area (Å²) in [5.74, 6) is -0.960. The van der Waals surface area contributed by atoms with Crippen LogP contribution < -0.4 is 10.6 Å². The van der Waals surface area contributed by atoms with Crippen molar-refractivity contribution in [3.63, 3.8) is 0 Å².